The summed E-state index contributed by atoms with van der Waals surface area (Å²) in [5.74, 6) is 0. The topological polar surface area (TPSA) is 125 Å². The van der Waals surface area contributed by atoms with Crippen LogP contribution in [0.4, 0.5) is 0 Å². The molecule has 0 bridgehead atoms. The number of hydrogen-bond acceptors (Lipinski definition) is 6. The molecular weight excluding hydrogens is 244 g/mol. The van der Waals surface area contributed by atoms with Crippen LogP contribution in [0, 0.1) is 0 Å². The first-order valence-corrected chi connectivity index (χ1v) is 5.45. The lowest BCUT2D eigenvalue weighted by molar-refractivity contribution is -0.225. The number of aliphatic hydroxyl groups excluding tert-OH is 2. The maximum Gasteiger partial charge on any atom is 0.330 e. The summed E-state index contributed by atoms with van der Waals surface area (Å²) in [6.45, 7) is -0.570. The summed E-state index contributed by atoms with van der Waals surface area (Å²) in [6, 6.07) is 1.17. The molecule has 1 saturated heterocycles. The first-order valence-electron chi connectivity index (χ1n) is 5.45. The normalized spacial score (nSPS) is 27.9. The van der Waals surface area contributed by atoms with Crippen molar-refractivity contribution in [2.24, 2.45) is 0 Å². The van der Waals surface area contributed by atoms with Gasteiger partial charge in [0.25, 0.3) is 5.56 Å². The van der Waals surface area contributed by atoms with E-state index in [-0.39, 0.29) is 6.42 Å². The fourth-order valence-electron chi connectivity index (χ4n) is 1.99. The van der Waals surface area contributed by atoms with E-state index in [0.717, 1.165) is 4.57 Å². The molecular formula is C10H14N2O6. The zero-order valence-corrected chi connectivity index (χ0v) is 9.44. The highest BCUT2D eigenvalue weighted by Crippen LogP contribution is 2.37. The molecule has 8 nitrogen and oxygen atoms in total. The van der Waals surface area contributed by atoms with Crippen LogP contribution in [0.2, 0.25) is 0 Å². The first kappa shape index (κ1) is 13.0. The van der Waals surface area contributed by atoms with Crippen LogP contribution in [-0.4, -0.2) is 43.4 Å². The van der Waals surface area contributed by atoms with Gasteiger partial charge in [0.1, 0.15) is 11.8 Å². The van der Waals surface area contributed by atoms with Crippen molar-refractivity contribution in [1.29, 1.82) is 0 Å². The molecule has 1 aliphatic heterocycles. The van der Waals surface area contributed by atoms with Crippen LogP contribution in [0.1, 0.15) is 19.1 Å². The van der Waals surface area contributed by atoms with Gasteiger partial charge in [-0.05, 0) is 12.8 Å². The van der Waals surface area contributed by atoms with Crippen LogP contribution in [0.5, 0.6) is 0 Å². The van der Waals surface area contributed by atoms with Crippen LogP contribution in [0.15, 0.2) is 21.9 Å². The fourth-order valence-corrected chi connectivity index (χ4v) is 1.99. The Morgan fingerprint density at radius 2 is 2.28 bits per heavy atom. The van der Waals surface area contributed by atoms with E-state index in [9.17, 15) is 24.9 Å². The lowest BCUT2D eigenvalue weighted by Crippen LogP contribution is -2.46. The monoisotopic (exact) mass is 258 g/mol. The smallest absolute Gasteiger partial charge is 0.330 e. The Kier molecular flexibility index (Phi) is 3.35. The van der Waals surface area contributed by atoms with Gasteiger partial charge in [-0.25, -0.2) is 4.79 Å². The maximum atomic E-state index is 11.5. The minimum Gasteiger partial charge on any atom is -0.393 e. The third-order valence-electron chi connectivity index (χ3n) is 3.08. The summed E-state index contributed by atoms with van der Waals surface area (Å²) in [5.41, 5.74) is -2.65. The van der Waals surface area contributed by atoms with Crippen LogP contribution < -0.4 is 11.2 Å². The molecule has 1 aliphatic rings. The highest BCUT2D eigenvalue weighted by atomic mass is 16.6. The zero-order chi connectivity index (χ0) is 13.3. The molecule has 0 radical (unpaired) electrons. The van der Waals surface area contributed by atoms with Crippen molar-refractivity contribution in [2.45, 2.75) is 31.0 Å². The lowest BCUT2D eigenvalue weighted by atomic mass is 10.0. The van der Waals surface area contributed by atoms with Crippen molar-refractivity contribution in [3.63, 3.8) is 0 Å². The summed E-state index contributed by atoms with van der Waals surface area (Å²) < 4.78 is 6.50. The van der Waals surface area contributed by atoms with Gasteiger partial charge in [-0.3, -0.25) is 14.3 Å². The van der Waals surface area contributed by atoms with Crippen molar-refractivity contribution in [2.75, 3.05) is 6.61 Å². The van der Waals surface area contributed by atoms with Crippen molar-refractivity contribution in [3.05, 3.63) is 33.1 Å². The molecule has 0 saturated carbocycles. The van der Waals surface area contributed by atoms with Gasteiger partial charge in [-0.2, -0.15) is 0 Å². The number of rotatable bonds is 3. The molecule has 1 fully saturated rings. The molecule has 1 aromatic heterocycles. The molecule has 0 unspecified atom stereocenters. The van der Waals surface area contributed by atoms with Gasteiger partial charge in [-0.15, -0.1) is 0 Å². The molecule has 2 atom stereocenters. The third-order valence-corrected chi connectivity index (χ3v) is 3.08. The van der Waals surface area contributed by atoms with Gasteiger partial charge in [0.2, 0.25) is 0 Å². The second kappa shape index (κ2) is 4.65. The highest BCUT2D eigenvalue weighted by molar-refractivity contribution is 4.92. The van der Waals surface area contributed by atoms with Crippen molar-refractivity contribution in [3.8, 4) is 0 Å². The fraction of sp³-hybridized carbons (Fsp3) is 0.600. The van der Waals surface area contributed by atoms with E-state index in [0.29, 0.717) is 6.42 Å². The van der Waals surface area contributed by atoms with E-state index in [2.05, 4.69) is 4.98 Å². The number of aromatic nitrogens is 2. The minimum atomic E-state index is -1.84. The first-order chi connectivity index (χ1) is 8.48. The third kappa shape index (κ3) is 2.10. The Morgan fingerprint density at radius 3 is 2.78 bits per heavy atom. The molecule has 1 aromatic rings. The molecule has 4 N–H and O–H groups in total. The van der Waals surface area contributed by atoms with Gasteiger partial charge in [0, 0.05) is 12.3 Å². The number of nitrogens with one attached hydrogen (secondary N) is 1. The Hall–Kier alpha value is -1.48. The summed E-state index contributed by atoms with van der Waals surface area (Å²) in [5, 5.41) is 27.6. The van der Waals surface area contributed by atoms with Crippen LogP contribution in [-0.2, 0) is 4.74 Å². The highest BCUT2D eigenvalue weighted by Gasteiger charge is 2.46. The lowest BCUT2D eigenvalue weighted by Gasteiger charge is -2.28. The van der Waals surface area contributed by atoms with E-state index < -0.39 is 36.0 Å². The summed E-state index contributed by atoms with van der Waals surface area (Å²) in [6.07, 6.45) is -0.806. The van der Waals surface area contributed by atoms with Crippen LogP contribution in [0.3, 0.4) is 0 Å². The molecule has 0 aliphatic carbocycles. The standard InChI is InChI=1S/C10H14N2O6/c13-5-10(8(15)16)3-1-7(18-10)12-4-2-6(14)11-9(12)17/h2,4,7-8,13,15-16H,1,3,5H2,(H,11,14,17)/t7-,10+/m1/s1. The summed E-state index contributed by atoms with van der Waals surface area (Å²) >= 11 is 0. The van der Waals surface area contributed by atoms with E-state index >= 15 is 0 Å². The molecule has 100 valence electrons. The van der Waals surface area contributed by atoms with Crippen LogP contribution in [0.25, 0.3) is 0 Å². The van der Waals surface area contributed by atoms with E-state index in [1.54, 1.807) is 0 Å². The number of hydrogen-bond donors (Lipinski definition) is 4. The quantitative estimate of drug-likeness (QED) is 0.460. The Bertz CT molecular complexity index is 536. The number of ether oxygens (including phenoxy) is 1. The van der Waals surface area contributed by atoms with E-state index in [1.165, 1.54) is 12.3 Å². The predicted octanol–water partition coefficient (Wildman–Crippen LogP) is -2.11. The summed E-state index contributed by atoms with van der Waals surface area (Å²) in [7, 11) is 0. The molecule has 0 aromatic carbocycles. The van der Waals surface area contributed by atoms with Gasteiger partial charge in [0.05, 0.1) is 6.61 Å². The summed E-state index contributed by atoms with van der Waals surface area (Å²) in [4.78, 5) is 24.5. The second-order valence-electron chi connectivity index (χ2n) is 4.23. The predicted molar refractivity (Wildman–Crippen MR) is 58.7 cm³/mol. The molecule has 0 spiro atoms. The van der Waals surface area contributed by atoms with Crippen molar-refractivity contribution < 1.29 is 20.1 Å². The van der Waals surface area contributed by atoms with E-state index in [1.807, 2.05) is 0 Å². The average Bonchev–Trinajstić information content (AvgIpc) is 2.74. The maximum absolute atomic E-state index is 11.5. The molecule has 18 heavy (non-hydrogen) atoms. The minimum absolute atomic E-state index is 0.192. The molecule has 8 heteroatoms. The van der Waals surface area contributed by atoms with E-state index in [4.69, 9.17) is 4.74 Å². The largest absolute Gasteiger partial charge is 0.393 e. The zero-order valence-electron chi connectivity index (χ0n) is 9.44. The SMILES string of the molecule is O=c1ccn([C@H]2CC[C@](CO)(C(O)O)O2)c(=O)[nH]1. The van der Waals surface area contributed by atoms with Gasteiger partial charge in [0.15, 0.2) is 6.29 Å². The Morgan fingerprint density at radius 1 is 1.56 bits per heavy atom. The van der Waals surface area contributed by atoms with Crippen molar-refractivity contribution in [1.82, 2.24) is 9.55 Å². The van der Waals surface area contributed by atoms with Gasteiger partial charge in [-0.1, -0.05) is 0 Å². The average molecular weight is 258 g/mol. The Balaban J connectivity index is 2.28. The van der Waals surface area contributed by atoms with Crippen molar-refractivity contribution >= 4 is 0 Å². The number of nitrogens with zero attached hydrogens (tertiary/aromatic N) is 1. The van der Waals surface area contributed by atoms with Gasteiger partial charge < -0.3 is 20.1 Å². The Labute approximate surface area is 101 Å². The number of aromatic amines is 1. The molecule has 0 amide bonds. The second-order valence-corrected chi connectivity index (χ2v) is 4.23. The van der Waals surface area contributed by atoms with Crippen LogP contribution >= 0.6 is 0 Å². The number of H-pyrrole nitrogens is 1. The number of aliphatic hydroxyl groups is 3. The molecule has 2 heterocycles. The molecule has 2 rings (SSSR count). The van der Waals surface area contributed by atoms with Gasteiger partial charge >= 0.3 is 5.69 Å².